The maximum Gasteiger partial charge on any atom is 0.0587 e. The van der Waals surface area contributed by atoms with E-state index in [1.54, 1.807) is 0 Å². The van der Waals surface area contributed by atoms with E-state index in [-0.39, 0.29) is 5.54 Å². The summed E-state index contributed by atoms with van der Waals surface area (Å²) in [5, 5.41) is 0. The number of hydrogen-bond acceptors (Lipinski definition) is 3. The number of benzene rings is 1. The summed E-state index contributed by atoms with van der Waals surface area (Å²) in [6.45, 7) is 7.66. The molecule has 1 aromatic carbocycles. The molecule has 20 heavy (non-hydrogen) atoms. The highest BCUT2D eigenvalue weighted by atomic mass is 15.3. The SMILES string of the molecule is CC1CCC(CN)(N2CCN(C)CC2)c2ccccc21. The molecule has 1 fully saturated rings. The summed E-state index contributed by atoms with van der Waals surface area (Å²) in [6.07, 6.45) is 2.45. The smallest absolute Gasteiger partial charge is 0.0587 e. The van der Waals surface area contributed by atoms with E-state index in [4.69, 9.17) is 5.73 Å². The van der Waals surface area contributed by atoms with Crippen molar-refractivity contribution >= 4 is 0 Å². The highest BCUT2D eigenvalue weighted by Gasteiger charge is 2.42. The van der Waals surface area contributed by atoms with Crippen molar-refractivity contribution < 1.29 is 0 Å². The van der Waals surface area contributed by atoms with Crippen LogP contribution >= 0.6 is 0 Å². The van der Waals surface area contributed by atoms with Crippen molar-refractivity contribution in [2.24, 2.45) is 5.73 Å². The Hall–Kier alpha value is -0.900. The minimum Gasteiger partial charge on any atom is -0.328 e. The molecule has 0 aromatic heterocycles. The third-order valence-corrected chi connectivity index (χ3v) is 5.43. The Morgan fingerprint density at radius 1 is 1.20 bits per heavy atom. The molecule has 1 saturated heterocycles. The van der Waals surface area contributed by atoms with Crippen molar-refractivity contribution in [3.05, 3.63) is 35.4 Å². The van der Waals surface area contributed by atoms with Crippen LogP contribution in [0.2, 0.25) is 0 Å². The molecule has 0 bridgehead atoms. The van der Waals surface area contributed by atoms with Crippen LogP contribution in [0.3, 0.4) is 0 Å². The molecule has 2 N–H and O–H groups in total. The molecule has 0 spiro atoms. The van der Waals surface area contributed by atoms with E-state index in [1.165, 1.54) is 24.0 Å². The average molecular weight is 273 g/mol. The third-order valence-electron chi connectivity index (χ3n) is 5.43. The van der Waals surface area contributed by atoms with E-state index in [2.05, 4.69) is 48.0 Å². The molecule has 1 aromatic rings. The fraction of sp³-hybridized carbons (Fsp3) is 0.647. The van der Waals surface area contributed by atoms with Crippen molar-refractivity contribution in [3.8, 4) is 0 Å². The largest absolute Gasteiger partial charge is 0.328 e. The van der Waals surface area contributed by atoms with E-state index in [0.717, 1.165) is 32.7 Å². The van der Waals surface area contributed by atoms with Crippen molar-refractivity contribution in [1.29, 1.82) is 0 Å². The van der Waals surface area contributed by atoms with Crippen molar-refractivity contribution in [3.63, 3.8) is 0 Å². The first-order valence-electron chi connectivity index (χ1n) is 7.90. The van der Waals surface area contributed by atoms with Crippen LogP contribution in [0, 0.1) is 0 Å². The number of likely N-dealkylation sites (N-methyl/N-ethyl adjacent to an activating group) is 1. The maximum atomic E-state index is 6.31. The van der Waals surface area contributed by atoms with Gasteiger partial charge in [-0.3, -0.25) is 4.90 Å². The van der Waals surface area contributed by atoms with E-state index < -0.39 is 0 Å². The first-order chi connectivity index (χ1) is 9.67. The van der Waals surface area contributed by atoms with E-state index >= 15 is 0 Å². The molecule has 0 radical (unpaired) electrons. The fourth-order valence-electron chi connectivity index (χ4n) is 4.00. The Morgan fingerprint density at radius 3 is 2.60 bits per heavy atom. The molecular formula is C17H27N3. The summed E-state index contributed by atoms with van der Waals surface area (Å²) in [4.78, 5) is 5.07. The first kappa shape index (κ1) is 14.1. The van der Waals surface area contributed by atoms with Crippen LogP contribution in [0.15, 0.2) is 24.3 Å². The molecular weight excluding hydrogens is 246 g/mol. The molecule has 110 valence electrons. The highest BCUT2D eigenvalue weighted by molar-refractivity contribution is 5.39. The molecule has 3 rings (SSSR count). The Kier molecular flexibility index (Phi) is 3.85. The van der Waals surface area contributed by atoms with Gasteiger partial charge in [-0.15, -0.1) is 0 Å². The fourth-order valence-corrected chi connectivity index (χ4v) is 4.00. The molecule has 3 heteroatoms. The van der Waals surface area contributed by atoms with Crippen molar-refractivity contribution in [1.82, 2.24) is 9.80 Å². The van der Waals surface area contributed by atoms with Gasteiger partial charge in [0.2, 0.25) is 0 Å². The van der Waals surface area contributed by atoms with Gasteiger partial charge in [0.25, 0.3) is 0 Å². The lowest BCUT2D eigenvalue weighted by molar-refractivity contribution is 0.0278. The second kappa shape index (κ2) is 5.47. The van der Waals surface area contributed by atoms with Gasteiger partial charge >= 0.3 is 0 Å². The summed E-state index contributed by atoms with van der Waals surface area (Å²) >= 11 is 0. The van der Waals surface area contributed by atoms with Gasteiger partial charge in [0.05, 0.1) is 5.54 Å². The second-order valence-electron chi connectivity index (χ2n) is 6.55. The number of nitrogens with zero attached hydrogens (tertiary/aromatic N) is 2. The van der Waals surface area contributed by atoms with Crippen LogP contribution in [0.5, 0.6) is 0 Å². The quantitative estimate of drug-likeness (QED) is 0.894. The zero-order valence-corrected chi connectivity index (χ0v) is 12.8. The summed E-state index contributed by atoms with van der Waals surface area (Å²) < 4.78 is 0. The Bertz CT molecular complexity index is 465. The number of hydrogen-bond donors (Lipinski definition) is 1. The molecule has 2 atom stereocenters. The van der Waals surface area contributed by atoms with Gasteiger partial charge in [-0.05, 0) is 36.9 Å². The summed E-state index contributed by atoms with van der Waals surface area (Å²) in [7, 11) is 2.21. The molecule has 1 heterocycles. The average Bonchev–Trinajstić information content (AvgIpc) is 2.50. The molecule has 1 aliphatic carbocycles. The standard InChI is InChI=1S/C17H27N3/c1-14-7-8-17(13-18,16-6-4-3-5-15(14)16)20-11-9-19(2)10-12-20/h3-6,14H,7-13,18H2,1-2H3. The van der Waals surface area contributed by atoms with Crippen LogP contribution in [-0.4, -0.2) is 49.6 Å². The van der Waals surface area contributed by atoms with Crippen LogP contribution in [0.4, 0.5) is 0 Å². The van der Waals surface area contributed by atoms with Crippen LogP contribution < -0.4 is 5.73 Å². The van der Waals surface area contributed by atoms with Gasteiger partial charge in [0, 0.05) is 32.7 Å². The summed E-state index contributed by atoms with van der Waals surface area (Å²) in [5.41, 5.74) is 9.39. The molecule has 0 amide bonds. The zero-order chi connectivity index (χ0) is 14.2. The number of fused-ring (bicyclic) bond motifs is 1. The topological polar surface area (TPSA) is 32.5 Å². The Balaban J connectivity index is 1.99. The van der Waals surface area contributed by atoms with E-state index in [1.807, 2.05) is 0 Å². The maximum absolute atomic E-state index is 6.31. The molecule has 0 saturated carbocycles. The van der Waals surface area contributed by atoms with Gasteiger partial charge in [0.1, 0.15) is 0 Å². The Labute approximate surface area is 122 Å². The predicted octanol–water partition coefficient (Wildman–Crippen LogP) is 1.99. The van der Waals surface area contributed by atoms with Crippen LogP contribution in [-0.2, 0) is 5.54 Å². The second-order valence-corrected chi connectivity index (χ2v) is 6.55. The summed E-state index contributed by atoms with van der Waals surface area (Å²) in [6, 6.07) is 8.97. The predicted molar refractivity (Wildman–Crippen MR) is 83.9 cm³/mol. The van der Waals surface area contributed by atoms with Crippen molar-refractivity contribution in [2.45, 2.75) is 31.2 Å². The van der Waals surface area contributed by atoms with Gasteiger partial charge in [-0.1, -0.05) is 31.2 Å². The Morgan fingerprint density at radius 2 is 1.90 bits per heavy atom. The number of nitrogens with two attached hydrogens (primary N) is 1. The van der Waals surface area contributed by atoms with Gasteiger partial charge < -0.3 is 10.6 Å². The third kappa shape index (κ3) is 2.18. The van der Waals surface area contributed by atoms with Gasteiger partial charge in [0.15, 0.2) is 0 Å². The van der Waals surface area contributed by atoms with Crippen molar-refractivity contribution in [2.75, 3.05) is 39.8 Å². The highest BCUT2D eigenvalue weighted by Crippen LogP contribution is 2.44. The first-order valence-corrected chi connectivity index (χ1v) is 7.90. The lowest BCUT2D eigenvalue weighted by atomic mass is 9.71. The lowest BCUT2D eigenvalue weighted by Gasteiger charge is -2.50. The lowest BCUT2D eigenvalue weighted by Crippen LogP contribution is -2.59. The number of rotatable bonds is 2. The van der Waals surface area contributed by atoms with E-state index in [0.29, 0.717) is 5.92 Å². The van der Waals surface area contributed by atoms with Crippen LogP contribution in [0.25, 0.3) is 0 Å². The van der Waals surface area contributed by atoms with E-state index in [9.17, 15) is 0 Å². The van der Waals surface area contributed by atoms with Gasteiger partial charge in [-0.25, -0.2) is 0 Å². The molecule has 2 aliphatic rings. The minimum atomic E-state index is 0.0738. The number of piperazine rings is 1. The van der Waals surface area contributed by atoms with Gasteiger partial charge in [-0.2, -0.15) is 0 Å². The minimum absolute atomic E-state index is 0.0738. The monoisotopic (exact) mass is 273 g/mol. The molecule has 3 nitrogen and oxygen atoms in total. The molecule has 2 unspecified atom stereocenters. The molecule has 1 aliphatic heterocycles. The normalized spacial score (nSPS) is 32.0. The van der Waals surface area contributed by atoms with Crippen LogP contribution in [0.1, 0.15) is 36.8 Å². The zero-order valence-electron chi connectivity index (χ0n) is 12.8. The summed E-state index contributed by atoms with van der Waals surface area (Å²) in [5.74, 6) is 0.665.